The van der Waals surface area contributed by atoms with E-state index in [9.17, 15) is 4.79 Å². The number of nitrogens with one attached hydrogen (secondary N) is 1. The highest BCUT2D eigenvalue weighted by Gasteiger charge is 2.07. The maximum atomic E-state index is 11.3. The van der Waals surface area contributed by atoms with Crippen LogP contribution in [0, 0.1) is 0 Å². The molecular weight excluding hydrogens is 182 g/mol. The van der Waals surface area contributed by atoms with E-state index in [2.05, 4.69) is 4.98 Å². The third kappa shape index (κ3) is 1.85. The van der Waals surface area contributed by atoms with E-state index in [4.69, 9.17) is 9.15 Å². The standard InChI is InChI=1S/C10H9NO3/c12-10(9-2-1-4-11-9)14-7-8-3-5-13-6-8/h1-6,11H,7H2. The first-order chi connectivity index (χ1) is 6.86. The van der Waals surface area contributed by atoms with Gasteiger partial charge in [-0.05, 0) is 18.2 Å². The van der Waals surface area contributed by atoms with E-state index in [0.29, 0.717) is 5.69 Å². The zero-order valence-corrected chi connectivity index (χ0v) is 7.40. The number of aromatic nitrogens is 1. The molecule has 4 nitrogen and oxygen atoms in total. The molecule has 0 aromatic carbocycles. The van der Waals surface area contributed by atoms with E-state index in [0.717, 1.165) is 5.56 Å². The van der Waals surface area contributed by atoms with Crippen molar-refractivity contribution in [2.24, 2.45) is 0 Å². The highest BCUT2D eigenvalue weighted by atomic mass is 16.5. The largest absolute Gasteiger partial charge is 0.472 e. The van der Waals surface area contributed by atoms with Gasteiger partial charge in [0.05, 0.1) is 12.5 Å². The molecule has 0 atom stereocenters. The molecule has 72 valence electrons. The molecule has 1 N–H and O–H groups in total. The van der Waals surface area contributed by atoms with Crippen LogP contribution in [0.25, 0.3) is 0 Å². The second-order valence-corrected chi connectivity index (χ2v) is 2.79. The molecule has 0 fully saturated rings. The number of furan rings is 1. The van der Waals surface area contributed by atoms with Crippen molar-refractivity contribution < 1.29 is 13.9 Å². The average Bonchev–Trinajstić information content (AvgIpc) is 2.87. The van der Waals surface area contributed by atoms with Gasteiger partial charge in [0.25, 0.3) is 0 Å². The molecule has 0 saturated carbocycles. The van der Waals surface area contributed by atoms with Crippen molar-refractivity contribution in [1.29, 1.82) is 0 Å². The molecule has 0 aliphatic carbocycles. The summed E-state index contributed by atoms with van der Waals surface area (Å²) in [5.41, 5.74) is 1.29. The van der Waals surface area contributed by atoms with Gasteiger partial charge in [0.1, 0.15) is 12.3 Å². The highest BCUT2D eigenvalue weighted by Crippen LogP contribution is 2.04. The molecule has 0 aliphatic rings. The minimum absolute atomic E-state index is 0.231. The Morgan fingerprint density at radius 1 is 1.50 bits per heavy atom. The molecule has 2 aromatic heterocycles. The van der Waals surface area contributed by atoms with Crippen molar-refractivity contribution in [3.8, 4) is 0 Å². The van der Waals surface area contributed by atoms with Gasteiger partial charge in [-0.15, -0.1) is 0 Å². The second-order valence-electron chi connectivity index (χ2n) is 2.79. The predicted molar refractivity (Wildman–Crippen MR) is 48.6 cm³/mol. The summed E-state index contributed by atoms with van der Waals surface area (Å²) >= 11 is 0. The van der Waals surface area contributed by atoms with Gasteiger partial charge < -0.3 is 14.1 Å². The van der Waals surface area contributed by atoms with Crippen LogP contribution in [-0.2, 0) is 11.3 Å². The lowest BCUT2D eigenvalue weighted by atomic mass is 10.4. The number of H-pyrrole nitrogens is 1. The van der Waals surface area contributed by atoms with E-state index in [1.54, 1.807) is 30.7 Å². The number of esters is 1. The van der Waals surface area contributed by atoms with Gasteiger partial charge >= 0.3 is 5.97 Å². The summed E-state index contributed by atoms with van der Waals surface area (Å²) in [5.74, 6) is -0.365. The van der Waals surface area contributed by atoms with Crippen LogP contribution in [0.4, 0.5) is 0 Å². The van der Waals surface area contributed by atoms with Gasteiger partial charge in [-0.1, -0.05) is 0 Å². The fourth-order valence-electron chi connectivity index (χ4n) is 1.06. The minimum Gasteiger partial charge on any atom is -0.472 e. The van der Waals surface area contributed by atoms with Gasteiger partial charge in [0.15, 0.2) is 0 Å². The zero-order chi connectivity index (χ0) is 9.80. The Kier molecular flexibility index (Phi) is 2.36. The summed E-state index contributed by atoms with van der Waals surface area (Å²) in [6.07, 6.45) is 4.76. The van der Waals surface area contributed by atoms with Crippen molar-refractivity contribution in [2.45, 2.75) is 6.61 Å². The topological polar surface area (TPSA) is 55.2 Å². The predicted octanol–water partition coefficient (Wildman–Crippen LogP) is 1.96. The van der Waals surface area contributed by atoms with Gasteiger partial charge in [-0.3, -0.25) is 0 Å². The van der Waals surface area contributed by atoms with Crippen LogP contribution in [0.1, 0.15) is 16.1 Å². The summed E-state index contributed by atoms with van der Waals surface area (Å²) in [7, 11) is 0. The molecule has 0 aliphatic heterocycles. The fraction of sp³-hybridized carbons (Fsp3) is 0.100. The first kappa shape index (κ1) is 8.62. The number of aromatic amines is 1. The van der Waals surface area contributed by atoms with E-state index < -0.39 is 0 Å². The molecule has 0 radical (unpaired) electrons. The lowest BCUT2D eigenvalue weighted by Gasteiger charge is -1.99. The van der Waals surface area contributed by atoms with Gasteiger partial charge in [-0.25, -0.2) is 4.79 Å². The SMILES string of the molecule is O=C(OCc1ccoc1)c1ccc[nH]1. The molecule has 2 rings (SSSR count). The van der Waals surface area contributed by atoms with Crippen molar-refractivity contribution in [1.82, 2.24) is 4.98 Å². The van der Waals surface area contributed by atoms with Crippen LogP contribution < -0.4 is 0 Å². The van der Waals surface area contributed by atoms with Crippen LogP contribution >= 0.6 is 0 Å². The lowest BCUT2D eigenvalue weighted by molar-refractivity contribution is 0.0466. The summed E-state index contributed by atoms with van der Waals surface area (Å²) in [6, 6.07) is 5.16. The summed E-state index contributed by atoms with van der Waals surface area (Å²) < 4.78 is 9.84. The van der Waals surface area contributed by atoms with Gasteiger partial charge in [0.2, 0.25) is 0 Å². The van der Waals surface area contributed by atoms with E-state index in [-0.39, 0.29) is 12.6 Å². The highest BCUT2D eigenvalue weighted by molar-refractivity contribution is 5.87. The van der Waals surface area contributed by atoms with E-state index in [1.807, 2.05) is 0 Å². The second kappa shape index (κ2) is 3.83. The molecule has 0 saturated heterocycles. The third-order valence-corrected chi connectivity index (χ3v) is 1.77. The molecule has 4 heteroatoms. The average molecular weight is 191 g/mol. The minimum atomic E-state index is -0.365. The van der Waals surface area contributed by atoms with Crippen molar-refractivity contribution in [3.05, 3.63) is 48.2 Å². The van der Waals surface area contributed by atoms with Gasteiger partial charge in [0, 0.05) is 11.8 Å². The van der Waals surface area contributed by atoms with Crippen molar-refractivity contribution >= 4 is 5.97 Å². The Balaban J connectivity index is 1.90. The normalized spacial score (nSPS) is 10.0. The number of carbonyl (C=O) groups excluding carboxylic acids is 1. The quantitative estimate of drug-likeness (QED) is 0.754. The fourth-order valence-corrected chi connectivity index (χ4v) is 1.06. The zero-order valence-electron chi connectivity index (χ0n) is 7.40. The smallest absolute Gasteiger partial charge is 0.355 e. The molecular formula is C10H9NO3. The maximum absolute atomic E-state index is 11.3. The Hall–Kier alpha value is -1.97. The van der Waals surface area contributed by atoms with Crippen LogP contribution in [0.15, 0.2) is 41.3 Å². The van der Waals surface area contributed by atoms with E-state index in [1.165, 1.54) is 6.26 Å². The summed E-state index contributed by atoms with van der Waals surface area (Å²) in [5, 5.41) is 0. The number of hydrogen-bond donors (Lipinski definition) is 1. The Labute approximate surface area is 80.5 Å². The Morgan fingerprint density at radius 3 is 3.07 bits per heavy atom. The first-order valence-electron chi connectivity index (χ1n) is 4.18. The molecule has 0 amide bonds. The molecule has 2 heterocycles. The number of hydrogen-bond acceptors (Lipinski definition) is 3. The lowest BCUT2D eigenvalue weighted by Crippen LogP contribution is -2.04. The third-order valence-electron chi connectivity index (χ3n) is 1.77. The Bertz CT molecular complexity index is 389. The van der Waals surface area contributed by atoms with Crippen LogP contribution in [0.3, 0.4) is 0 Å². The van der Waals surface area contributed by atoms with Crippen LogP contribution in [0.5, 0.6) is 0 Å². The molecule has 0 bridgehead atoms. The molecule has 14 heavy (non-hydrogen) atoms. The van der Waals surface area contributed by atoms with E-state index >= 15 is 0 Å². The number of rotatable bonds is 3. The monoisotopic (exact) mass is 191 g/mol. The summed E-state index contributed by atoms with van der Waals surface area (Å²) in [4.78, 5) is 14.1. The molecule has 0 unspecified atom stereocenters. The van der Waals surface area contributed by atoms with Crippen molar-refractivity contribution in [3.63, 3.8) is 0 Å². The molecule has 0 spiro atoms. The van der Waals surface area contributed by atoms with Crippen molar-refractivity contribution in [2.75, 3.05) is 0 Å². The van der Waals surface area contributed by atoms with Crippen LogP contribution in [-0.4, -0.2) is 11.0 Å². The first-order valence-corrected chi connectivity index (χ1v) is 4.18. The maximum Gasteiger partial charge on any atom is 0.355 e. The number of carbonyl (C=O) groups is 1. The summed E-state index contributed by atoms with van der Waals surface area (Å²) in [6.45, 7) is 0.231. The number of ether oxygens (including phenoxy) is 1. The van der Waals surface area contributed by atoms with Gasteiger partial charge in [-0.2, -0.15) is 0 Å². The Morgan fingerprint density at radius 2 is 2.43 bits per heavy atom. The van der Waals surface area contributed by atoms with Crippen LogP contribution in [0.2, 0.25) is 0 Å². The molecule has 2 aromatic rings.